The molecule has 1 N–H and O–H groups in total. The largest absolute Gasteiger partial charge is 0.341 e. The SMILES string of the molecule is CCCNCc1cnc(N(CC)CC)nc1CC. The molecule has 0 radical (unpaired) electrons. The van der Waals surface area contributed by atoms with E-state index in [2.05, 4.69) is 47.9 Å². The zero-order chi connectivity index (χ0) is 13.4. The number of aromatic nitrogens is 2. The van der Waals surface area contributed by atoms with E-state index < -0.39 is 0 Å². The molecule has 4 heteroatoms. The molecule has 4 nitrogen and oxygen atoms in total. The van der Waals surface area contributed by atoms with Crippen LogP contribution in [-0.2, 0) is 13.0 Å². The van der Waals surface area contributed by atoms with E-state index in [1.807, 2.05) is 6.20 Å². The van der Waals surface area contributed by atoms with Gasteiger partial charge in [0.15, 0.2) is 0 Å². The number of aryl methyl sites for hydroxylation is 1. The fourth-order valence-corrected chi connectivity index (χ4v) is 1.94. The topological polar surface area (TPSA) is 41.1 Å². The predicted molar refractivity (Wildman–Crippen MR) is 77.0 cm³/mol. The maximum atomic E-state index is 4.69. The molecule has 0 aliphatic heterocycles. The number of rotatable bonds is 8. The molecule has 0 fully saturated rings. The highest BCUT2D eigenvalue weighted by molar-refractivity contribution is 5.33. The second kappa shape index (κ2) is 8.03. The average molecular weight is 250 g/mol. The molecule has 0 spiro atoms. The van der Waals surface area contributed by atoms with Crippen molar-refractivity contribution < 1.29 is 0 Å². The van der Waals surface area contributed by atoms with Crippen molar-refractivity contribution in [2.75, 3.05) is 24.5 Å². The van der Waals surface area contributed by atoms with Crippen molar-refractivity contribution in [2.24, 2.45) is 0 Å². The standard InChI is InChI=1S/C14H26N4/c1-5-9-15-10-12-11-16-14(17-13(12)6-2)18(7-3)8-4/h11,15H,5-10H2,1-4H3. The molecule has 0 aliphatic carbocycles. The summed E-state index contributed by atoms with van der Waals surface area (Å²) in [6.07, 6.45) is 4.09. The second-order valence-corrected chi connectivity index (χ2v) is 4.34. The van der Waals surface area contributed by atoms with Gasteiger partial charge in [-0.25, -0.2) is 9.97 Å². The van der Waals surface area contributed by atoms with Crippen LogP contribution in [0.1, 0.15) is 45.4 Å². The van der Waals surface area contributed by atoms with E-state index in [1.54, 1.807) is 0 Å². The lowest BCUT2D eigenvalue weighted by atomic mass is 10.2. The normalized spacial score (nSPS) is 10.7. The first kappa shape index (κ1) is 14.9. The summed E-state index contributed by atoms with van der Waals surface area (Å²) in [5.74, 6) is 0.857. The van der Waals surface area contributed by atoms with Gasteiger partial charge >= 0.3 is 0 Å². The van der Waals surface area contributed by atoms with Crippen molar-refractivity contribution in [2.45, 2.75) is 47.1 Å². The number of nitrogens with one attached hydrogen (secondary N) is 1. The molecule has 0 amide bonds. The van der Waals surface area contributed by atoms with E-state index >= 15 is 0 Å². The molecular formula is C14H26N4. The highest BCUT2D eigenvalue weighted by Gasteiger charge is 2.09. The Balaban J connectivity index is 2.82. The first-order valence-electron chi connectivity index (χ1n) is 7.07. The van der Waals surface area contributed by atoms with Gasteiger partial charge < -0.3 is 10.2 Å². The Morgan fingerprint density at radius 2 is 1.89 bits per heavy atom. The maximum Gasteiger partial charge on any atom is 0.225 e. The number of nitrogens with zero attached hydrogens (tertiary/aromatic N) is 3. The van der Waals surface area contributed by atoms with Crippen LogP contribution in [0.2, 0.25) is 0 Å². The van der Waals surface area contributed by atoms with Crippen molar-refractivity contribution in [3.63, 3.8) is 0 Å². The van der Waals surface area contributed by atoms with E-state index in [0.29, 0.717) is 0 Å². The first-order valence-corrected chi connectivity index (χ1v) is 7.07. The minimum Gasteiger partial charge on any atom is -0.341 e. The molecule has 0 bridgehead atoms. The van der Waals surface area contributed by atoms with Gasteiger partial charge in [-0.05, 0) is 33.2 Å². The summed E-state index contributed by atoms with van der Waals surface area (Å²) in [6.45, 7) is 12.4. The van der Waals surface area contributed by atoms with E-state index in [-0.39, 0.29) is 0 Å². The predicted octanol–water partition coefficient (Wildman–Crippen LogP) is 2.38. The zero-order valence-electron chi connectivity index (χ0n) is 12.2. The van der Waals surface area contributed by atoms with Crippen LogP contribution in [0.3, 0.4) is 0 Å². The van der Waals surface area contributed by atoms with Gasteiger partial charge in [0.2, 0.25) is 5.95 Å². The average Bonchev–Trinajstić information content (AvgIpc) is 2.41. The molecule has 0 saturated carbocycles. The summed E-state index contributed by atoms with van der Waals surface area (Å²) in [5, 5.41) is 3.41. The van der Waals surface area contributed by atoms with Crippen LogP contribution in [0.15, 0.2) is 6.20 Å². The lowest BCUT2D eigenvalue weighted by Crippen LogP contribution is -2.25. The molecule has 0 aliphatic rings. The molecule has 1 aromatic rings. The molecule has 102 valence electrons. The molecule has 18 heavy (non-hydrogen) atoms. The molecule has 1 heterocycles. The van der Waals surface area contributed by atoms with Gasteiger partial charge in [0, 0.05) is 31.4 Å². The first-order chi connectivity index (χ1) is 8.76. The van der Waals surface area contributed by atoms with Crippen molar-refractivity contribution in [1.82, 2.24) is 15.3 Å². The molecule has 0 unspecified atom stereocenters. The van der Waals surface area contributed by atoms with E-state index in [9.17, 15) is 0 Å². The summed E-state index contributed by atoms with van der Waals surface area (Å²) in [4.78, 5) is 11.4. The number of anilines is 1. The lowest BCUT2D eigenvalue weighted by Gasteiger charge is -2.19. The molecule has 1 rings (SSSR count). The third kappa shape index (κ3) is 3.95. The van der Waals surface area contributed by atoms with Crippen LogP contribution >= 0.6 is 0 Å². The van der Waals surface area contributed by atoms with E-state index in [4.69, 9.17) is 0 Å². The Labute approximate surface area is 111 Å². The van der Waals surface area contributed by atoms with Gasteiger partial charge in [0.25, 0.3) is 0 Å². The summed E-state index contributed by atoms with van der Waals surface area (Å²) < 4.78 is 0. The van der Waals surface area contributed by atoms with Crippen LogP contribution in [0.4, 0.5) is 5.95 Å². The lowest BCUT2D eigenvalue weighted by molar-refractivity contribution is 0.664. The van der Waals surface area contributed by atoms with Crippen LogP contribution in [0, 0.1) is 0 Å². The van der Waals surface area contributed by atoms with Crippen LogP contribution in [0.5, 0.6) is 0 Å². The van der Waals surface area contributed by atoms with Gasteiger partial charge in [-0.15, -0.1) is 0 Å². The Morgan fingerprint density at radius 1 is 1.17 bits per heavy atom. The van der Waals surface area contributed by atoms with Gasteiger partial charge in [0.1, 0.15) is 0 Å². The Kier molecular flexibility index (Phi) is 6.65. The van der Waals surface area contributed by atoms with Crippen molar-refractivity contribution in [3.05, 3.63) is 17.5 Å². The molecule has 0 aromatic carbocycles. The second-order valence-electron chi connectivity index (χ2n) is 4.34. The summed E-state index contributed by atoms with van der Waals surface area (Å²) in [7, 11) is 0. The Morgan fingerprint density at radius 3 is 2.44 bits per heavy atom. The zero-order valence-corrected chi connectivity index (χ0v) is 12.2. The third-order valence-corrected chi connectivity index (χ3v) is 3.06. The van der Waals surface area contributed by atoms with Gasteiger partial charge in [-0.1, -0.05) is 13.8 Å². The van der Waals surface area contributed by atoms with Crippen molar-refractivity contribution in [1.29, 1.82) is 0 Å². The van der Waals surface area contributed by atoms with Crippen LogP contribution < -0.4 is 10.2 Å². The minimum absolute atomic E-state index is 0.857. The van der Waals surface area contributed by atoms with Gasteiger partial charge in [-0.3, -0.25) is 0 Å². The van der Waals surface area contributed by atoms with Gasteiger partial charge in [0.05, 0.1) is 5.69 Å². The Bertz CT molecular complexity index is 348. The van der Waals surface area contributed by atoms with Crippen LogP contribution in [-0.4, -0.2) is 29.6 Å². The monoisotopic (exact) mass is 250 g/mol. The molecular weight excluding hydrogens is 224 g/mol. The van der Waals surface area contributed by atoms with Crippen molar-refractivity contribution >= 4 is 5.95 Å². The highest BCUT2D eigenvalue weighted by Crippen LogP contribution is 2.12. The summed E-state index contributed by atoms with van der Waals surface area (Å²) in [5.41, 5.74) is 2.39. The summed E-state index contributed by atoms with van der Waals surface area (Å²) >= 11 is 0. The fraction of sp³-hybridized carbons (Fsp3) is 0.714. The van der Waals surface area contributed by atoms with E-state index in [1.165, 1.54) is 5.56 Å². The van der Waals surface area contributed by atoms with E-state index in [0.717, 1.165) is 50.7 Å². The van der Waals surface area contributed by atoms with Gasteiger partial charge in [-0.2, -0.15) is 0 Å². The van der Waals surface area contributed by atoms with Crippen molar-refractivity contribution in [3.8, 4) is 0 Å². The maximum absolute atomic E-state index is 4.69. The van der Waals surface area contributed by atoms with Crippen LogP contribution in [0.25, 0.3) is 0 Å². The smallest absolute Gasteiger partial charge is 0.225 e. The number of hydrogen-bond donors (Lipinski definition) is 1. The third-order valence-electron chi connectivity index (χ3n) is 3.06. The number of hydrogen-bond acceptors (Lipinski definition) is 4. The molecule has 0 saturated heterocycles. The fourth-order valence-electron chi connectivity index (χ4n) is 1.94. The minimum atomic E-state index is 0.857. The summed E-state index contributed by atoms with van der Waals surface area (Å²) in [6, 6.07) is 0. The quantitative estimate of drug-likeness (QED) is 0.719. The highest BCUT2D eigenvalue weighted by atomic mass is 15.2. The molecule has 1 aromatic heterocycles. The Hall–Kier alpha value is -1.16. The molecule has 0 atom stereocenters.